The van der Waals surface area contributed by atoms with E-state index in [2.05, 4.69) is 15.3 Å². The molecule has 0 aromatic carbocycles. The van der Waals surface area contributed by atoms with E-state index < -0.39 is 0 Å². The molecule has 0 spiro atoms. The van der Waals surface area contributed by atoms with Gasteiger partial charge in [0.25, 0.3) is 0 Å². The molecular weight excluding hydrogens is 218 g/mol. The van der Waals surface area contributed by atoms with Crippen LogP contribution in [0.2, 0.25) is 0 Å². The number of ether oxygens (including phenoxy) is 1. The van der Waals surface area contributed by atoms with Crippen molar-refractivity contribution in [3.8, 4) is 5.88 Å². The van der Waals surface area contributed by atoms with Crippen LogP contribution in [0.15, 0.2) is 23.3 Å². The van der Waals surface area contributed by atoms with Crippen LogP contribution < -0.4 is 10.1 Å². The van der Waals surface area contributed by atoms with Crippen LogP contribution in [0.5, 0.6) is 5.88 Å². The van der Waals surface area contributed by atoms with Crippen molar-refractivity contribution in [3.63, 3.8) is 0 Å². The fourth-order valence-corrected chi connectivity index (χ4v) is 1.70. The number of carbonyl (C=O) groups is 1. The molecule has 0 bridgehead atoms. The van der Waals surface area contributed by atoms with Crippen LogP contribution in [0.3, 0.4) is 0 Å². The molecule has 2 rings (SSSR count). The summed E-state index contributed by atoms with van der Waals surface area (Å²) in [5.41, 5.74) is 1.00. The summed E-state index contributed by atoms with van der Waals surface area (Å²) >= 11 is 0. The SMILES string of the molecule is CCC1N=C(Cc2ccc(OC)nc2)NC1=O. The summed E-state index contributed by atoms with van der Waals surface area (Å²) in [5, 5.41) is 2.78. The number of amides is 1. The Hall–Kier alpha value is -1.91. The van der Waals surface area contributed by atoms with Gasteiger partial charge in [-0.25, -0.2) is 4.98 Å². The lowest BCUT2D eigenvalue weighted by Gasteiger charge is -2.02. The number of pyridine rings is 1. The Kier molecular flexibility index (Phi) is 3.37. The molecule has 1 aromatic heterocycles. The maximum Gasteiger partial charge on any atom is 0.250 e. The van der Waals surface area contributed by atoms with Gasteiger partial charge in [-0.05, 0) is 12.0 Å². The summed E-state index contributed by atoms with van der Waals surface area (Å²) in [7, 11) is 1.58. The summed E-state index contributed by atoms with van der Waals surface area (Å²) in [6, 6.07) is 3.49. The lowest BCUT2D eigenvalue weighted by molar-refractivity contribution is -0.120. The number of nitrogens with zero attached hydrogens (tertiary/aromatic N) is 2. The maximum absolute atomic E-state index is 11.4. The van der Waals surface area contributed by atoms with Crippen LogP contribution in [-0.2, 0) is 11.2 Å². The standard InChI is InChI=1S/C12H15N3O2/c1-3-9-12(16)15-10(14-9)6-8-4-5-11(17-2)13-7-8/h4-5,7,9H,3,6H2,1-2H3,(H,14,15,16). The van der Waals surface area contributed by atoms with Crippen LogP contribution in [0.1, 0.15) is 18.9 Å². The zero-order valence-corrected chi connectivity index (χ0v) is 9.93. The van der Waals surface area contributed by atoms with E-state index in [1.54, 1.807) is 19.4 Å². The second kappa shape index (κ2) is 4.95. The highest BCUT2D eigenvalue weighted by molar-refractivity contribution is 6.06. The second-order valence-electron chi connectivity index (χ2n) is 3.87. The van der Waals surface area contributed by atoms with E-state index in [-0.39, 0.29) is 11.9 Å². The van der Waals surface area contributed by atoms with Crippen molar-refractivity contribution in [3.05, 3.63) is 23.9 Å². The van der Waals surface area contributed by atoms with Gasteiger partial charge in [0.2, 0.25) is 11.8 Å². The molecule has 5 nitrogen and oxygen atoms in total. The third-order valence-corrected chi connectivity index (χ3v) is 2.65. The van der Waals surface area contributed by atoms with Gasteiger partial charge in [-0.2, -0.15) is 0 Å². The Bertz CT molecular complexity index is 440. The number of hydrogen-bond acceptors (Lipinski definition) is 4. The van der Waals surface area contributed by atoms with Crippen molar-refractivity contribution in [1.82, 2.24) is 10.3 Å². The molecule has 1 N–H and O–H groups in total. The molecule has 0 radical (unpaired) electrons. The Morgan fingerprint density at radius 1 is 1.47 bits per heavy atom. The third kappa shape index (κ3) is 2.61. The first-order valence-electron chi connectivity index (χ1n) is 5.59. The quantitative estimate of drug-likeness (QED) is 0.841. The van der Waals surface area contributed by atoms with Gasteiger partial charge in [0, 0.05) is 18.7 Å². The van der Waals surface area contributed by atoms with Crippen LogP contribution >= 0.6 is 0 Å². The van der Waals surface area contributed by atoms with Crippen molar-refractivity contribution in [2.24, 2.45) is 4.99 Å². The molecule has 1 aliphatic heterocycles. The Labute approximate surface area is 99.9 Å². The number of nitrogens with one attached hydrogen (secondary N) is 1. The molecular formula is C12H15N3O2. The Morgan fingerprint density at radius 3 is 2.82 bits per heavy atom. The van der Waals surface area contributed by atoms with E-state index in [0.29, 0.717) is 18.1 Å². The van der Waals surface area contributed by atoms with Gasteiger partial charge in [0.1, 0.15) is 11.9 Å². The number of aromatic nitrogens is 1. The monoisotopic (exact) mass is 233 g/mol. The molecule has 5 heteroatoms. The molecule has 0 aliphatic carbocycles. The molecule has 1 unspecified atom stereocenters. The number of aliphatic imine (C=N–C) groups is 1. The topological polar surface area (TPSA) is 63.6 Å². The summed E-state index contributed by atoms with van der Waals surface area (Å²) in [6.07, 6.45) is 3.06. The van der Waals surface area contributed by atoms with Crippen molar-refractivity contribution in [2.45, 2.75) is 25.8 Å². The largest absolute Gasteiger partial charge is 0.481 e. The fourth-order valence-electron chi connectivity index (χ4n) is 1.70. The zero-order valence-electron chi connectivity index (χ0n) is 9.93. The van der Waals surface area contributed by atoms with Gasteiger partial charge in [-0.15, -0.1) is 0 Å². The average molecular weight is 233 g/mol. The molecule has 1 aromatic rings. The molecule has 0 saturated heterocycles. The number of methoxy groups -OCH3 is 1. The maximum atomic E-state index is 11.4. The van der Waals surface area contributed by atoms with Gasteiger partial charge >= 0.3 is 0 Å². The highest BCUT2D eigenvalue weighted by Gasteiger charge is 2.24. The smallest absolute Gasteiger partial charge is 0.250 e. The van der Waals surface area contributed by atoms with E-state index >= 15 is 0 Å². The Balaban J connectivity index is 2.04. The minimum atomic E-state index is -0.226. The minimum absolute atomic E-state index is 0.0102. The van der Waals surface area contributed by atoms with E-state index in [9.17, 15) is 4.79 Å². The van der Waals surface area contributed by atoms with Crippen molar-refractivity contribution in [2.75, 3.05) is 7.11 Å². The third-order valence-electron chi connectivity index (χ3n) is 2.65. The lowest BCUT2D eigenvalue weighted by Crippen LogP contribution is -2.29. The zero-order chi connectivity index (χ0) is 12.3. The number of carbonyl (C=O) groups excluding carboxylic acids is 1. The fraction of sp³-hybridized carbons (Fsp3) is 0.417. The predicted molar refractivity (Wildman–Crippen MR) is 64.1 cm³/mol. The first kappa shape index (κ1) is 11.6. The summed E-state index contributed by atoms with van der Waals surface area (Å²) in [4.78, 5) is 19.9. The first-order chi connectivity index (χ1) is 8.22. The van der Waals surface area contributed by atoms with Gasteiger partial charge in [0.15, 0.2) is 0 Å². The van der Waals surface area contributed by atoms with Gasteiger partial charge in [0.05, 0.1) is 7.11 Å². The van der Waals surface area contributed by atoms with E-state index in [4.69, 9.17) is 4.74 Å². The van der Waals surface area contributed by atoms with Crippen LogP contribution in [0.25, 0.3) is 0 Å². The van der Waals surface area contributed by atoms with Crippen molar-refractivity contribution in [1.29, 1.82) is 0 Å². The molecule has 0 saturated carbocycles. The van der Waals surface area contributed by atoms with Gasteiger partial charge < -0.3 is 10.1 Å². The van der Waals surface area contributed by atoms with Crippen molar-refractivity contribution >= 4 is 11.7 Å². The number of rotatable bonds is 4. The summed E-state index contributed by atoms with van der Waals surface area (Å²) in [5.74, 6) is 1.29. The molecule has 1 amide bonds. The second-order valence-corrected chi connectivity index (χ2v) is 3.87. The average Bonchev–Trinajstić information content (AvgIpc) is 2.70. The molecule has 2 heterocycles. The molecule has 1 aliphatic rings. The van der Waals surface area contributed by atoms with E-state index in [1.165, 1.54) is 0 Å². The Morgan fingerprint density at radius 2 is 2.29 bits per heavy atom. The van der Waals surface area contributed by atoms with Crippen LogP contribution in [0.4, 0.5) is 0 Å². The van der Waals surface area contributed by atoms with Gasteiger partial charge in [-0.3, -0.25) is 9.79 Å². The van der Waals surface area contributed by atoms with E-state index in [0.717, 1.165) is 12.0 Å². The lowest BCUT2D eigenvalue weighted by atomic mass is 10.2. The molecule has 1 atom stereocenters. The predicted octanol–water partition coefficient (Wildman–Crippen LogP) is 0.940. The first-order valence-corrected chi connectivity index (χ1v) is 5.59. The summed E-state index contributed by atoms with van der Waals surface area (Å²) < 4.78 is 4.98. The van der Waals surface area contributed by atoms with Crippen LogP contribution in [-0.4, -0.2) is 29.9 Å². The number of amidine groups is 1. The number of hydrogen-bond donors (Lipinski definition) is 1. The minimum Gasteiger partial charge on any atom is -0.481 e. The van der Waals surface area contributed by atoms with E-state index in [1.807, 2.05) is 13.0 Å². The van der Waals surface area contributed by atoms with Gasteiger partial charge in [-0.1, -0.05) is 13.0 Å². The highest BCUT2D eigenvalue weighted by atomic mass is 16.5. The van der Waals surface area contributed by atoms with Crippen molar-refractivity contribution < 1.29 is 9.53 Å². The normalized spacial score (nSPS) is 18.8. The highest BCUT2D eigenvalue weighted by Crippen LogP contribution is 2.10. The molecule has 17 heavy (non-hydrogen) atoms. The summed E-state index contributed by atoms with van der Waals surface area (Å²) in [6.45, 7) is 1.95. The molecule has 0 fully saturated rings. The molecule has 90 valence electrons. The van der Waals surface area contributed by atoms with Crippen LogP contribution in [0, 0.1) is 0 Å².